The number of benzene rings is 1. The van der Waals surface area contributed by atoms with E-state index in [1.54, 1.807) is 24.3 Å². The van der Waals surface area contributed by atoms with Crippen LogP contribution in [0.2, 0.25) is 5.02 Å². The maximum Gasteiger partial charge on any atom is 0.251 e. The van der Waals surface area contributed by atoms with Gasteiger partial charge in [0.15, 0.2) is 0 Å². The molecular formula is C11H14ClNO. The third kappa shape index (κ3) is 3.04. The van der Waals surface area contributed by atoms with Crippen molar-refractivity contribution in [3.63, 3.8) is 0 Å². The molecule has 0 radical (unpaired) electrons. The molecule has 1 rings (SSSR count). The van der Waals surface area contributed by atoms with Crippen molar-refractivity contribution in [1.82, 2.24) is 5.32 Å². The Morgan fingerprint density at radius 3 is 2.86 bits per heavy atom. The summed E-state index contributed by atoms with van der Waals surface area (Å²) in [4.78, 5) is 11.6. The second-order valence-electron chi connectivity index (χ2n) is 3.29. The van der Waals surface area contributed by atoms with Crippen molar-refractivity contribution in [2.24, 2.45) is 0 Å². The number of halogens is 1. The summed E-state index contributed by atoms with van der Waals surface area (Å²) in [6.45, 7) is 4.01. The lowest BCUT2D eigenvalue weighted by molar-refractivity contribution is 0.0939. The van der Waals surface area contributed by atoms with Crippen LogP contribution < -0.4 is 5.32 Å². The van der Waals surface area contributed by atoms with Gasteiger partial charge in [0.1, 0.15) is 0 Å². The molecule has 1 aromatic rings. The zero-order valence-corrected chi connectivity index (χ0v) is 9.14. The Hall–Kier alpha value is -1.02. The molecule has 14 heavy (non-hydrogen) atoms. The second-order valence-corrected chi connectivity index (χ2v) is 3.73. The van der Waals surface area contributed by atoms with E-state index in [2.05, 4.69) is 5.32 Å². The molecule has 3 heteroatoms. The average Bonchev–Trinajstić information content (AvgIpc) is 2.17. The highest BCUT2D eigenvalue weighted by molar-refractivity contribution is 6.30. The summed E-state index contributed by atoms with van der Waals surface area (Å²) in [7, 11) is 0. The minimum absolute atomic E-state index is 0.0677. The first-order valence-electron chi connectivity index (χ1n) is 4.70. The highest BCUT2D eigenvalue weighted by atomic mass is 35.5. The van der Waals surface area contributed by atoms with Gasteiger partial charge in [-0.1, -0.05) is 24.6 Å². The van der Waals surface area contributed by atoms with Gasteiger partial charge in [0.2, 0.25) is 0 Å². The summed E-state index contributed by atoms with van der Waals surface area (Å²) in [5.74, 6) is -0.0677. The third-order valence-corrected chi connectivity index (χ3v) is 2.31. The quantitative estimate of drug-likeness (QED) is 0.819. The van der Waals surface area contributed by atoms with Crippen molar-refractivity contribution in [3.05, 3.63) is 34.9 Å². The molecule has 76 valence electrons. The smallest absolute Gasteiger partial charge is 0.251 e. The maximum atomic E-state index is 11.6. The summed E-state index contributed by atoms with van der Waals surface area (Å²) in [6.07, 6.45) is 0.923. The van der Waals surface area contributed by atoms with Crippen molar-refractivity contribution in [2.75, 3.05) is 0 Å². The third-order valence-electron chi connectivity index (χ3n) is 2.08. The number of carbonyl (C=O) groups excluding carboxylic acids is 1. The predicted molar refractivity (Wildman–Crippen MR) is 58.7 cm³/mol. The molecule has 2 nitrogen and oxygen atoms in total. The molecule has 0 aliphatic carbocycles. The van der Waals surface area contributed by atoms with Gasteiger partial charge < -0.3 is 5.32 Å². The number of nitrogens with one attached hydrogen (secondary N) is 1. The molecule has 0 saturated heterocycles. The van der Waals surface area contributed by atoms with Crippen molar-refractivity contribution >= 4 is 17.5 Å². The highest BCUT2D eigenvalue weighted by Crippen LogP contribution is 2.10. The van der Waals surface area contributed by atoms with E-state index in [1.807, 2.05) is 13.8 Å². The van der Waals surface area contributed by atoms with E-state index in [1.165, 1.54) is 0 Å². The Balaban J connectivity index is 2.70. The van der Waals surface area contributed by atoms with Crippen LogP contribution in [0.15, 0.2) is 24.3 Å². The molecule has 0 saturated carbocycles. The molecule has 0 aliphatic heterocycles. The van der Waals surface area contributed by atoms with Gasteiger partial charge in [0.25, 0.3) is 5.91 Å². The zero-order chi connectivity index (χ0) is 10.6. The Morgan fingerprint density at radius 2 is 2.29 bits per heavy atom. The average molecular weight is 212 g/mol. The Bertz CT molecular complexity index is 325. The second kappa shape index (κ2) is 5.01. The van der Waals surface area contributed by atoms with Gasteiger partial charge in [-0.05, 0) is 31.5 Å². The molecule has 0 aliphatic rings. The first-order chi connectivity index (χ1) is 6.63. The minimum atomic E-state index is -0.0677. The fourth-order valence-corrected chi connectivity index (χ4v) is 1.23. The zero-order valence-electron chi connectivity index (χ0n) is 8.38. The van der Waals surface area contributed by atoms with E-state index in [9.17, 15) is 4.79 Å². The van der Waals surface area contributed by atoms with E-state index >= 15 is 0 Å². The van der Waals surface area contributed by atoms with E-state index < -0.39 is 0 Å². The number of rotatable bonds is 3. The molecule has 0 spiro atoms. The molecule has 1 atom stereocenters. The Morgan fingerprint density at radius 1 is 1.57 bits per heavy atom. The lowest BCUT2D eigenvalue weighted by Crippen LogP contribution is -2.31. The molecule has 1 amide bonds. The molecule has 0 aromatic heterocycles. The molecule has 1 N–H and O–H groups in total. The predicted octanol–water partition coefficient (Wildman–Crippen LogP) is 2.87. The lowest BCUT2D eigenvalue weighted by atomic mass is 10.2. The van der Waals surface area contributed by atoms with E-state index in [4.69, 9.17) is 11.6 Å². The van der Waals surface area contributed by atoms with Crippen molar-refractivity contribution in [3.8, 4) is 0 Å². The summed E-state index contributed by atoms with van der Waals surface area (Å²) in [5, 5.41) is 3.46. The largest absolute Gasteiger partial charge is 0.350 e. The molecule has 0 fully saturated rings. The fraction of sp³-hybridized carbons (Fsp3) is 0.364. The molecule has 0 bridgehead atoms. The van der Waals surface area contributed by atoms with Crippen molar-refractivity contribution < 1.29 is 4.79 Å². The summed E-state index contributed by atoms with van der Waals surface area (Å²) < 4.78 is 0. The van der Waals surface area contributed by atoms with Crippen molar-refractivity contribution in [2.45, 2.75) is 26.3 Å². The Kier molecular flexibility index (Phi) is 3.96. The number of carbonyl (C=O) groups is 1. The van der Waals surface area contributed by atoms with Crippen LogP contribution in [0.25, 0.3) is 0 Å². The highest BCUT2D eigenvalue weighted by Gasteiger charge is 2.07. The lowest BCUT2D eigenvalue weighted by Gasteiger charge is -2.11. The van der Waals surface area contributed by atoms with Crippen LogP contribution in [0.4, 0.5) is 0 Å². The van der Waals surface area contributed by atoms with Gasteiger partial charge >= 0.3 is 0 Å². The van der Waals surface area contributed by atoms with Gasteiger partial charge in [-0.15, -0.1) is 0 Å². The summed E-state index contributed by atoms with van der Waals surface area (Å²) in [5.41, 5.74) is 0.609. The van der Waals surface area contributed by atoms with Crippen LogP contribution in [-0.4, -0.2) is 11.9 Å². The number of amides is 1. The van der Waals surface area contributed by atoms with Gasteiger partial charge in [-0.3, -0.25) is 4.79 Å². The molecule has 0 heterocycles. The standard InChI is InChI=1S/C11H14ClNO/c1-3-8(2)13-11(14)9-5-4-6-10(12)7-9/h4-8H,3H2,1-2H3,(H,13,14). The fourth-order valence-electron chi connectivity index (χ4n) is 1.04. The topological polar surface area (TPSA) is 29.1 Å². The van der Waals surface area contributed by atoms with Crippen LogP contribution in [0.5, 0.6) is 0 Å². The van der Waals surface area contributed by atoms with Crippen LogP contribution >= 0.6 is 11.6 Å². The number of hydrogen-bond donors (Lipinski definition) is 1. The van der Waals surface area contributed by atoms with Gasteiger partial charge in [0, 0.05) is 16.6 Å². The number of hydrogen-bond acceptors (Lipinski definition) is 1. The summed E-state index contributed by atoms with van der Waals surface area (Å²) >= 11 is 5.78. The molecular weight excluding hydrogens is 198 g/mol. The summed E-state index contributed by atoms with van der Waals surface area (Å²) in [6, 6.07) is 7.14. The van der Waals surface area contributed by atoms with Crippen LogP contribution in [0, 0.1) is 0 Å². The SMILES string of the molecule is CCC(C)NC(=O)c1cccc(Cl)c1. The first-order valence-corrected chi connectivity index (χ1v) is 5.07. The van der Waals surface area contributed by atoms with Crippen LogP contribution in [0.3, 0.4) is 0 Å². The van der Waals surface area contributed by atoms with Crippen LogP contribution in [-0.2, 0) is 0 Å². The molecule has 1 aromatic carbocycles. The van der Waals surface area contributed by atoms with Crippen molar-refractivity contribution in [1.29, 1.82) is 0 Å². The van der Waals surface area contributed by atoms with E-state index in [0.29, 0.717) is 10.6 Å². The van der Waals surface area contributed by atoms with E-state index in [-0.39, 0.29) is 11.9 Å². The van der Waals surface area contributed by atoms with Gasteiger partial charge in [0.05, 0.1) is 0 Å². The minimum Gasteiger partial charge on any atom is -0.350 e. The first kappa shape index (κ1) is 11.1. The maximum absolute atomic E-state index is 11.6. The van der Waals surface area contributed by atoms with Gasteiger partial charge in [-0.25, -0.2) is 0 Å². The normalized spacial score (nSPS) is 12.2. The monoisotopic (exact) mass is 211 g/mol. The van der Waals surface area contributed by atoms with Crippen LogP contribution in [0.1, 0.15) is 30.6 Å². The van der Waals surface area contributed by atoms with Gasteiger partial charge in [-0.2, -0.15) is 0 Å². The Labute approximate surface area is 89.3 Å². The van der Waals surface area contributed by atoms with E-state index in [0.717, 1.165) is 6.42 Å². The molecule has 1 unspecified atom stereocenters.